The maximum Gasteiger partial charge on any atom is 0.255 e. The van der Waals surface area contributed by atoms with Crippen LogP contribution >= 0.6 is 11.6 Å². The lowest BCUT2D eigenvalue weighted by Crippen LogP contribution is -2.30. The van der Waals surface area contributed by atoms with Crippen LogP contribution in [0.2, 0.25) is 5.02 Å². The number of benzene rings is 2. The number of carbonyl (C=O) groups is 1. The van der Waals surface area contributed by atoms with Gasteiger partial charge in [0, 0.05) is 13.3 Å². The van der Waals surface area contributed by atoms with Crippen molar-refractivity contribution in [1.29, 1.82) is 0 Å². The van der Waals surface area contributed by atoms with Gasteiger partial charge in [-0.2, -0.15) is 0 Å². The number of hydrogen-bond acceptors (Lipinski definition) is 3. The summed E-state index contributed by atoms with van der Waals surface area (Å²) < 4.78 is 23.4. The highest BCUT2D eigenvalue weighted by Crippen LogP contribution is 2.25. The van der Waals surface area contributed by atoms with Crippen LogP contribution in [-0.2, 0) is 9.84 Å². The molecule has 4 nitrogen and oxygen atoms in total. The van der Waals surface area contributed by atoms with E-state index >= 15 is 0 Å². The van der Waals surface area contributed by atoms with Gasteiger partial charge in [-0.15, -0.1) is 0 Å². The van der Waals surface area contributed by atoms with Gasteiger partial charge in [-0.3, -0.25) is 4.79 Å². The van der Waals surface area contributed by atoms with Gasteiger partial charge in [0.1, 0.15) is 0 Å². The van der Waals surface area contributed by atoms with Gasteiger partial charge in [-0.25, -0.2) is 8.42 Å². The zero-order valence-electron chi connectivity index (χ0n) is 13.2. The molecule has 0 unspecified atom stereocenters. The first-order valence-corrected chi connectivity index (χ1v) is 9.30. The minimum atomic E-state index is -3.40. The van der Waals surface area contributed by atoms with E-state index in [-0.39, 0.29) is 27.4 Å². The van der Waals surface area contributed by atoms with Crippen molar-refractivity contribution in [3.8, 4) is 0 Å². The molecule has 0 aromatic heterocycles. The summed E-state index contributed by atoms with van der Waals surface area (Å²) in [6, 6.07) is 13.6. The molecule has 2 rings (SSSR count). The molecule has 1 atom stereocenters. The summed E-state index contributed by atoms with van der Waals surface area (Å²) in [4.78, 5) is 14.3. The van der Waals surface area contributed by atoms with E-state index in [1.165, 1.54) is 18.2 Å². The van der Waals surface area contributed by atoms with Gasteiger partial charge in [-0.05, 0) is 30.7 Å². The number of carbonyl (C=O) groups excluding carboxylic acids is 1. The van der Waals surface area contributed by atoms with Crippen LogP contribution in [0, 0.1) is 0 Å². The van der Waals surface area contributed by atoms with E-state index in [4.69, 9.17) is 11.6 Å². The molecule has 0 N–H and O–H groups in total. The molecule has 0 aliphatic carbocycles. The summed E-state index contributed by atoms with van der Waals surface area (Å²) >= 11 is 6.09. The Morgan fingerprint density at radius 2 is 1.74 bits per heavy atom. The number of rotatable bonds is 4. The van der Waals surface area contributed by atoms with Crippen molar-refractivity contribution < 1.29 is 13.2 Å². The molecule has 122 valence electrons. The topological polar surface area (TPSA) is 54.5 Å². The maximum atomic E-state index is 12.7. The van der Waals surface area contributed by atoms with Crippen molar-refractivity contribution >= 4 is 27.3 Å². The molecule has 0 spiro atoms. The van der Waals surface area contributed by atoms with Crippen molar-refractivity contribution in [3.05, 3.63) is 64.7 Å². The first kappa shape index (κ1) is 17.5. The zero-order valence-corrected chi connectivity index (χ0v) is 14.7. The second-order valence-electron chi connectivity index (χ2n) is 5.42. The lowest BCUT2D eigenvalue weighted by Gasteiger charge is -2.26. The summed E-state index contributed by atoms with van der Waals surface area (Å²) in [5, 5.41) is 0.231. The highest BCUT2D eigenvalue weighted by Gasteiger charge is 2.22. The minimum absolute atomic E-state index is 0.0750. The van der Waals surface area contributed by atoms with E-state index in [1.54, 1.807) is 11.9 Å². The average molecular weight is 352 g/mol. The fourth-order valence-electron chi connectivity index (χ4n) is 2.22. The van der Waals surface area contributed by atoms with Crippen LogP contribution in [0.3, 0.4) is 0 Å². The molecule has 0 aliphatic rings. The van der Waals surface area contributed by atoms with E-state index in [9.17, 15) is 13.2 Å². The van der Waals surface area contributed by atoms with E-state index in [2.05, 4.69) is 0 Å². The lowest BCUT2D eigenvalue weighted by molar-refractivity contribution is 0.0742. The van der Waals surface area contributed by atoms with Crippen molar-refractivity contribution in [3.63, 3.8) is 0 Å². The Kier molecular flexibility index (Phi) is 5.12. The Balaban J connectivity index is 2.36. The predicted octanol–water partition coefficient (Wildman–Crippen LogP) is 3.58. The van der Waals surface area contributed by atoms with E-state index < -0.39 is 9.84 Å². The molecule has 0 saturated carbocycles. The third-order valence-corrected chi connectivity index (χ3v) is 5.22. The van der Waals surface area contributed by atoms with Gasteiger partial charge in [-0.1, -0.05) is 41.9 Å². The van der Waals surface area contributed by atoms with E-state index in [0.29, 0.717) is 0 Å². The van der Waals surface area contributed by atoms with E-state index in [0.717, 1.165) is 11.8 Å². The molecule has 0 bridgehead atoms. The molecule has 6 heteroatoms. The first-order chi connectivity index (χ1) is 10.7. The summed E-state index contributed by atoms with van der Waals surface area (Å²) in [6.07, 6.45) is 1.10. The summed E-state index contributed by atoms with van der Waals surface area (Å²) in [5.41, 5.74) is 1.17. The Morgan fingerprint density at radius 3 is 2.30 bits per heavy atom. The maximum absolute atomic E-state index is 12.7. The Morgan fingerprint density at radius 1 is 1.13 bits per heavy atom. The summed E-state index contributed by atoms with van der Waals surface area (Å²) in [6.45, 7) is 1.90. The van der Waals surface area contributed by atoms with Gasteiger partial charge < -0.3 is 4.90 Å². The van der Waals surface area contributed by atoms with Gasteiger partial charge >= 0.3 is 0 Å². The van der Waals surface area contributed by atoms with Crippen LogP contribution in [0.15, 0.2) is 53.4 Å². The van der Waals surface area contributed by atoms with Crippen LogP contribution in [0.25, 0.3) is 0 Å². The fraction of sp³-hybridized carbons (Fsp3) is 0.235. The number of amides is 1. The molecule has 23 heavy (non-hydrogen) atoms. The van der Waals surface area contributed by atoms with Crippen molar-refractivity contribution in [1.82, 2.24) is 4.90 Å². The predicted molar refractivity (Wildman–Crippen MR) is 91.5 cm³/mol. The third-order valence-electron chi connectivity index (χ3n) is 3.78. The molecule has 0 saturated heterocycles. The smallest absolute Gasteiger partial charge is 0.255 e. The normalized spacial score (nSPS) is 12.7. The van der Waals surface area contributed by atoms with Gasteiger partial charge in [0.25, 0.3) is 5.91 Å². The number of halogens is 1. The fourth-order valence-corrected chi connectivity index (χ4v) is 3.07. The highest BCUT2D eigenvalue weighted by atomic mass is 35.5. The Labute approximate surface area is 141 Å². The molecular weight excluding hydrogens is 334 g/mol. The van der Waals surface area contributed by atoms with Crippen LogP contribution in [0.5, 0.6) is 0 Å². The molecule has 0 radical (unpaired) electrons. The van der Waals surface area contributed by atoms with E-state index in [1.807, 2.05) is 37.3 Å². The Bertz CT molecular complexity index is 819. The molecular formula is C17H18ClNO3S. The number of hydrogen-bond donors (Lipinski definition) is 0. The van der Waals surface area contributed by atoms with Crippen LogP contribution in [0.4, 0.5) is 0 Å². The second kappa shape index (κ2) is 6.72. The van der Waals surface area contributed by atoms with Crippen LogP contribution < -0.4 is 0 Å². The number of sulfone groups is 1. The molecule has 1 amide bonds. The average Bonchev–Trinajstić information content (AvgIpc) is 2.53. The molecule has 0 fully saturated rings. The molecule has 0 aliphatic heterocycles. The van der Waals surface area contributed by atoms with Gasteiger partial charge in [0.2, 0.25) is 0 Å². The minimum Gasteiger partial charge on any atom is -0.335 e. The highest BCUT2D eigenvalue weighted by molar-refractivity contribution is 7.90. The van der Waals surface area contributed by atoms with Gasteiger partial charge in [0.05, 0.1) is 21.5 Å². The SMILES string of the molecule is C[C@H](c1ccccc1)N(C)C(=O)c1cc(S(C)(=O)=O)ccc1Cl. The monoisotopic (exact) mass is 351 g/mol. The first-order valence-electron chi connectivity index (χ1n) is 7.03. The third kappa shape index (κ3) is 3.92. The molecule has 2 aromatic carbocycles. The van der Waals surface area contributed by atoms with Crippen molar-refractivity contribution in [2.75, 3.05) is 13.3 Å². The second-order valence-corrected chi connectivity index (χ2v) is 7.84. The molecule has 0 heterocycles. The summed E-state index contributed by atoms with van der Waals surface area (Å²) in [5.74, 6) is -0.322. The molecule has 2 aromatic rings. The number of nitrogens with zero attached hydrogens (tertiary/aromatic N) is 1. The van der Waals surface area contributed by atoms with Crippen LogP contribution in [0.1, 0.15) is 28.9 Å². The largest absolute Gasteiger partial charge is 0.335 e. The Hall–Kier alpha value is -1.85. The zero-order chi connectivity index (χ0) is 17.2. The van der Waals surface area contributed by atoms with Crippen molar-refractivity contribution in [2.45, 2.75) is 17.9 Å². The lowest BCUT2D eigenvalue weighted by atomic mass is 10.1. The quantitative estimate of drug-likeness (QED) is 0.846. The summed E-state index contributed by atoms with van der Waals surface area (Å²) in [7, 11) is -1.73. The van der Waals surface area contributed by atoms with Crippen LogP contribution in [-0.4, -0.2) is 32.5 Å². The van der Waals surface area contributed by atoms with Crippen molar-refractivity contribution in [2.24, 2.45) is 0 Å². The van der Waals surface area contributed by atoms with Gasteiger partial charge in [0.15, 0.2) is 9.84 Å². The standard InChI is InChI=1S/C17H18ClNO3S/c1-12(13-7-5-4-6-8-13)19(2)17(20)15-11-14(23(3,21)22)9-10-16(15)18/h4-12H,1-3H3/t12-/m1/s1.